The lowest BCUT2D eigenvalue weighted by molar-refractivity contribution is 0.348. The van der Waals surface area contributed by atoms with Gasteiger partial charge in [0.1, 0.15) is 0 Å². The average Bonchev–Trinajstić information content (AvgIpc) is 2.33. The van der Waals surface area contributed by atoms with Crippen molar-refractivity contribution < 1.29 is 13.7 Å². The molecule has 17 heavy (non-hydrogen) atoms. The van der Waals surface area contributed by atoms with Crippen molar-refractivity contribution in [1.29, 1.82) is 0 Å². The van der Waals surface area contributed by atoms with E-state index in [2.05, 4.69) is 10.3 Å². The minimum atomic E-state index is -0.775. The van der Waals surface area contributed by atoms with Crippen LogP contribution in [-0.2, 0) is 17.3 Å². The van der Waals surface area contributed by atoms with Crippen LogP contribution < -0.4 is 14.8 Å². The number of aromatic nitrogens is 1. The number of nitrogens with zero attached hydrogens (tertiary/aromatic N) is 1. The molecule has 0 saturated carbocycles. The van der Waals surface area contributed by atoms with Gasteiger partial charge < -0.3 is 14.8 Å². The highest BCUT2D eigenvalue weighted by Crippen LogP contribution is 2.28. The molecule has 0 aromatic carbocycles. The van der Waals surface area contributed by atoms with E-state index >= 15 is 0 Å². The highest BCUT2D eigenvalue weighted by Gasteiger charge is 2.10. The molecule has 1 rings (SSSR count). The summed E-state index contributed by atoms with van der Waals surface area (Å²) in [6.07, 6.45) is 3.36. The van der Waals surface area contributed by atoms with Crippen molar-refractivity contribution >= 4 is 10.8 Å². The maximum Gasteiger partial charge on any atom is 0.183 e. The van der Waals surface area contributed by atoms with Crippen LogP contribution in [0, 0.1) is 0 Å². The van der Waals surface area contributed by atoms with Gasteiger partial charge in [-0.1, -0.05) is 0 Å². The van der Waals surface area contributed by atoms with Crippen LogP contribution in [0.25, 0.3) is 0 Å². The third kappa shape index (κ3) is 4.32. The lowest BCUT2D eigenvalue weighted by Crippen LogP contribution is -2.20. The number of hydrogen-bond donors (Lipinski definition) is 1. The van der Waals surface area contributed by atoms with E-state index in [1.54, 1.807) is 32.7 Å². The van der Waals surface area contributed by atoms with E-state index in [-0.39, 0.29) is 0 Å². The van der Waals surface area contributed by atoms with Gasteiger partial charge in [0.15, 0.2) is 11.5 Å². The molecule has 0 bridgehead atoms. The lowest BCUT2D eigenvalue weighted by atomic mass is 10.3. The Morgan fingerprint density at radius 3 is 2.76 bits per heavy atom. The molecule has 1 N–H and O–H groups in total. The van der Waals surface area contributed by atoms with Gasteiger partial charge in [0.05, 0.1) is 19.9 Å². The summed E-state index contributed by atoms with van der Waals surface area (Å²) in [5, 5.41) is 3.17. The molecule has 0 spiro atoms. The smallest absolute Gasteiger partial charge is 0.183 e. The van der Waals surface area contributed by atoms with Gasteiger partial charge in [-0.15, -0.1) is 0 Å². The van der Waals surface area contributed by atoms with Crippen molar-refractivity contribution in [2.24, 2.45) is 0 Å². The fourth-order valence-electron chi connectivity index (χ4n) is 1.40. The maximum atomic E-state index is 10.9. The lowest BCUT2D eigenvalue weighted by Gasteiger charge is -2.11. The fourth-order valence-corrected chi connectivity index (χ4v) is 1.83. The first-order chi connectivity index (χ1) is 8.19. The summed E-state index contributed by atoms with van der Waals surface area (Å²) in [5.41, 5.74) is 0.786. The first-order valence-corrected chi connectivity index (χ1v) is 6.98. The van der Waals surface area contributed by atoms with Gasteiger partial charge in [-0.25, -0.2) is 0 Å². The van der Waals surface area contributed by atoms with Gasteiger partial charge in [0, 0.05) is 48.2 Å². The molecule has 1 heterocycles. The maximum absolute atomic E-state index is 10.9. The topological polar surface area (TPSA) is 60.5 Å². The summed E-state index contributed by atoms with van der Waals surface area (Å²) in [5.74, 6) is 1.94. The van der Waals surface area contributed by atoms with E-state index in [4.69, 9.17) is 9.47 Å². The van der Waals surface area contributed by atoms with Gasteiger partial charge in [-0.05, 0) is 0 Å². The first kappa shape index (κ1) is 13.9. The highest BCUT2D eigenvalue weighted by molar-refractivity contribution is 7.84. The Labute approximate surface area is 104 Å². The highest BCUT2D eigenvalue weighted by atomic mass is 32.2. The van der Waals surface area contributed by atoms with Gasteiger partial charge in [-0.3, -0.25) is 9.19 Å². The van der Waals surface area contributed by atoms with E-state index in [1.165, 1.54) is 0 Å². The van der Waals surface area contributed by atoms with E-state index in [1.807, 2.05) is 0 Å². The molecule has 0 amide bonds. The van der Waals surface area contributed by atoms with Crippen molar-refractivity contribution in [2.45, 2.75) is 6.54 Å². The molecule has 0 radical (unpaired) electrons. The van der Waals surface area contributed by atoms with Crippen LogP contribution in [0.3, 0.4) is 0 Å². The predicted octanol–water partition coefficient (Wildman–Crippen LogP) is 0.567. The van der Waals surface area contributed by atoms with Gasteiger partial charge >= 0.3 is 0 Å². The van der Waals surface area contributed by atoms with E-state index < -0.39 is 10.8 Å². The molecule has 1 unspecified atom stereocenters. The zero-order valence-electron chi connectivity index (χ0n) is 10.4. The summed E-state index contributed by atoms with van der Waals surface area (Å²) < 4.78 is 21.3. The number of nitrogens with one attached hydrogen (secondary N) is 1. The average molecular weight is 258 g/mol. The molecule has 1 atom stereocenters. The minimum Gasteiger partial charge on any atom is -0.493 e. The van der Waals surface area contributed by atoms with Crippen LogP contribution in [0.1, 0.15) is 5.69 Å². The summed E-state index contributed by atoms with van der Waals surface area (Å²) in [6, 6.07) is 1.75. The van der Waals surface area contributed by atoms with Crippen LogP contribution in [0.2, 0.25) is 0 Å². The Balaban J connectivity index is 2.60. The molecule has 0 saturated heterocycles. The Bertz CT molecular complexity index is 385. The number of rotatable bonds is 7. The number of pyridine rings is 1. The molecule has 0 fully saturated rings. The van der Waals surface area contributed by atoms with Crippen molar-refractivity contribution in [3.8, 4) is 11.5 Å². The van der Waals surface area contributed by atoms with Crippen molar-refractivity contribution in [1.82, 2.24) is 10.3 Å². The molecular weight excluding hydrogens is 240 g/mol. The molecule has 0 aliphatic rings. The molecular formula is C11H18N2O3S. The van der Waals surface area contributed by atoms with Crippen molar-refractivity contribution in [2.75, 3.05) is 32.8 Å². The van der Waals surface area contributed by atoms with E-state index in [0.717, 1.165) is 5.69 Å². The SMILES string of the molecule is COc1ccnc(CNCCS(C)=O)c1OC. The predicted molar refractivity (Wildman–Crippen MR) is 68.0 cm³/mol. The number of ether oxygens (including phenoxy) is 2. The second-order valence-electron chi connectivity index (χ2n) is 3.45. The summed E-state index contributed by atoms with van der Waals surface area (Å²) in [7, 11) is 2.40. The molecule has 0 aliphatic carbocycles. The quantitative estimate of drug-likeness (QED) is 0.724. The summed E-state index contributed by atoms with van der Waals surface area (Å²) >= 11 is 0. The molecule has 1 aromatic heterocycles. The van der Waals surface area contributed by atoms with Crippen molar-refractivity contribution in [3.05, 3.63) is 18.0 Å². The largest absolute Gasteiger partial charge is 0.493 e. The standard InChI is InChI=1S/C11H18N2O3S/c1-15-10-4-5-13-9(11(10)16-2)8-12-6-7-17(3)14/h4-5,12H,6-8H2,1-3H3. The molecule has 6 heteroatoms. The second kappa shape index (κ2) is 7.24. The Morgan fingerprint density at radius 1 is 1.41 bits per heavy atom. The van der Waals surface area contributed by atoms with Crippen LogP contribution in [0.15, 0.2) is 12.3 Å². The first-order valence-electron chi connectivity index (χ1n) is 5.25. The normalized spacial score (nSPS) is 12.2. The number of hydrogen-bond acceptors (Lipinski definition) is 5. The third-order valence-electron chi connectivity index (χ3n) is 2.22. The van der Waals surface area contributed by atoms with Crippen LogP contribution in [-0.4, -0.2) is 42.0 Å². The van der Waals surface area contributed by atoms with E-state index in [9.17, 15) is 4.21 Å². The monoisotopic (exact) mass is 258 g/mol. The summed E-state index contributed by atoms with van der Waals surface area (Å²) in [6.45, 7) is 1.25. The zero-order chi connectivity index (χ0) is 12.7. The van der Waals surface area contributed by atoms with E-state index in [0.29, 0.717) is 30.3 Å². The zero-order valence-corrected chi connectivity index (χ0v) is 11.2. The Hall–Kier alpha value is -1.14. The van der Waals surface area contributed by atoms with Crippen LogP contribution in [0.5, 0.6) is 11.5 Å². The molecule has 96 valence electrons. The van der Waals surface area contributed by atoms with Crippen LogP contribution >= 0.6 is 0 Å². The van der Waals surface area contributed by atoms with Crippen molar-refractivity contribution in [3.63, 3.8) is 0 Å². The summed E-state index contributed by atoms with van der Waals surface area (Å²) in [4.78, 5) is 4.23. The Morgan fingerprint density at radius 2 is 2.18 bits per heavy atom. The second-order valence-corrected chi connectivity index (χ2v) is 5.00. The third-order valence-corrected chi connectivity index (χ3v) is 3.00. The Kier molecular flexibility index (Phi) is 5.93. The fraction of sp³-hybridized carbons (Fsp3) is 0.545. The number of methoxy groups -OCH3 is 2. The molecule has 5 nitrogen and oxygen atoms in total. The van der Waals surface area contributed by atoms with Crippen LogP contribution in [0.4, 0.5) is 0 Å². The van der Waals surface area contributed by atoms with Gasteiger partial charge in [0.2, 0.25) is 0 Å². The van der Waals surface area contributed by atoms with Gasteiger partial charge in [0.25, 0.3) is 0 Å². The molecule has 1 aromatic rings. The van der Waals surface area contributed by atoms with Gasteiger partial charge in [-0.2, -0.15) is 0 Å². The molecule has 0 aliphatic heterocycles. The minimum absolute atomic E-state index is 0.567.